The minimum atomic E-state index is -0.262. The third kappa shape index (κ3) is 6.77. The molecule has 0 saturated heterocycles. The maximum Gasteiger partial charge on any atom is 0.251 e. The van der Waals surface area contributed by atoms with Crippen LogP contribution < -0.4 is 15.4 Å². The third-order valence-corrected chi connectivity index (χ3v) is 4.14. The molecular weight excluding hydrogens is 340 g/mol. The van der Waals surface area contributed by atoms with E-state index in [1.165, 1.54) is 5.56 Å². The van der Waals surface area contributed by atoms with Crippen LogP contribution >= 0.6 is 0 Å². The molecule has 2 N–H and O–H groups in total. The Balaban J connectivity index is 1.68. The molecule has 0 saturated carbocycles. The SMILES string of the molecule is Cc1ccc(OCCNC(=O)CNC(=O)c2ccc(C(C)(C)C)cc2)cc1. The van der Waals surface area contributed by atoms with E-state index in [-0.39, 0.29) is 23.8 Å². The molecule has 2 aromatic rings. The van der Waals surface area contributed by atoms with E-state index in [9.17, 15) is 9.59 Å². The average molecular weight is 368 g/mol. The molecule has 5 heteroatoms. The first-order valence-corrected chi connectivity index (χ1v) is 9.10. The summed E-state index contributed by atoms with van der Waals surface area (Å²) in [5.74, 6) is 0.255. The predicted octanol–water partition coefficient (Wildman–Crippen LogP) is 3.22. The smallest absolute Gasteiger partial charge is 0.251 e. The number of rotatable bonds is 7. The number of nitrogens with one attached hydrogen (secondary N) is 2. The number of carbonyl (C=O) groups is 2. The van der Waals surface area contributed by atoms with Crippen molar-refractivity contribution in [1.82, 2.24) is 10.6 Å². The van der Waals surface area contributed by atoms with E-state index in [0.717, 1.165) is 11.3 Å². The van der Waals surface area contributed by atoms with Gasteiger partial charge in [0, 0.05) is 5.56 Å². The summed E-state index contributed by atoms with van der Waals surface area (Å²) in [6, 6.07) is 15.2. The lowest BCUT2D eigenvalue weighted by Crippen LogP contribution is -2.38. The first-order valence-electron chi connectivity index (χ1n) is 9.10. The van der Waals surface area contributed by atoms with E-state index in [4.69, 9.17) is 4.74 Å². The molecule has 2 rings (SSSR count). The van der Waals surface area contributed by atoms with Crippen molar-refractivity contribution in [3.8, 4) is 5.75 Å². The van der Waals surface area contributed by atoms with Gasteiger partial charge in [-0.25, -0.2) is 0 Å². The van der Waals surface area contributed by atoms with Crippen molar-refractivity contribution in [2.45, 2.75) is 33.1 Å². The van der Waals surface area contributed by atoms with Crippen molar-refractivity contribution in [2.75, 3.05) is 19.7 Å². The number of amides is 2. The summed E-state index contributed by atoms with van der Waals surface area (Å²) in [6.07, 6.45) is 0. The normalized spacial score (nSPS) is 11.0. The Morgan fingerprint density at radius 2 is 1.56 bits per heavy atom. The van der Waals surface area contributed by atoms with Crippen molar-refractivity contribution < 1.29 is 14.3 Å². The van der Waals surface area contributed by atoms with Crippen LogP contribution in [0.25, 0.3) is 0 Å². The van der Waals surface area contributed by atoms with Gasteiger partial charge in [0.2, 0.25) is 5.91 Å². The summed E-state index contributed by atoms with van der Waals surface area (Å²) in [4.78, 5) is 24.0. The highest BCUT2D eigenvalue weighted by atomic mass is 16.5. The molecule has 0 radical (unpaired) electrons. The first-order chi connectivity index (χ1) is 12.8. The second kappa shape index (κ2) is 9.21. The Kier molecular flexibility index (Phi) is 6.99. The van der Waals surface area contributed by atoms with Crippen molar-refractivity contribution in [3.63, 3.8) is 0 Å². The lowest BCUT2D eigenvalue weighted by Gasteiger charge is -2.19. The Morgan fingerprint density at radius 1 is 0.926 bits per heavy atom. The average Bonchev–Trinajstić information content (AvgIpc) is 2.64. The number of carbonyl (C=O) groups excluding carboxylic acids is 2. The highest BCUT2D eigenvalue weighted by Gasteiger charge is 2.14. The van der Waals surface area contributed by atoms with Gasteiger partial charge < -0.3 is 15.4 Å². The molecule has 0 aliphatic heterocycles. The molecule has 5 nitrogen and oxygen atoms in total. The van der Waals surface area contributed by atoms with E-state index in [1.807, 2.05) is 43.3 Å². The van der Waals surface area contributed by atoms with Gasteiger partial charge in [-0.2, -0.15) is 0 Å². The van der Waals surface area contributed by atoms with Crippen molar-refractivity contribution in [2.24, 2.45) is 0 Å². The fourth-order valence-corrected chi connectivity index (χ4v) is 2.44. The molecule has 0 aliphatic carbocycles. The summed E-state index contributed by atoms with van der Waals surface area (Å²) >= 11 is 0. The van der Waals surface area contributed by atoms with Gasteiger partial charge in [0.15, 0.2) is 0 Å². The maximum absolute atomic E-state index is 12.1. The Hall–Kier alpha value is -2.82. The summed E-state index contributed by atoms with van der Waals surface area (Å²) in [5, 5.41) is 5.35. The summed E-state index contributed by atoms with van der Waals surface area (Å²) in [5.41, 5.74) is 2.90. The molecule has 0 bridgehead atoms. The minimum Gasteiger partial charge on any atom is -0.492 e. The largest absolute Gasteiger partial charge is 0.492 e. The molecule has 0 atom stereocenters. The first kappa shape index (κ1) is 20.5. The molecule has 0 unspecified atom stereocenters. The molecule has 27 heavy (non-hydrogen) atoms. The van der Waals surface area contributed by atoms with E-state index in [2.05, 4.69) is 31.4 Å². The minimum absolute atomic E-state index is 0.0372. The van der Waals surface area contributed by atoms with Crippen LogP contribution in [0.4, 0.5) is 0 Å². The van der Waals surface area contributed by atoms with Crippen molar-refractivity contribution in [3.05, 3.63) is 65.2 Å². The number of hydrogen-bond acceptors (Lipinski definition) is 3. The predicted molar refractivity (Wildman–Crippen MR) is 107 cm³/mol. The van der Waals surface area contributed by atoms with Crippen LogP contribution in [-0.2, 0) is 10.2 Å². The van der Waals surface area contributed by atoms with E-state index >= 15 is 0 Å². The van der Waals surface area contributed by atoms with Crippen LogP contribution in [0, 0.1) is 6.92 Å². The lowest BCUT2D eigenvalue weighted by atomic mass is 9.87. The number of hydrogen-bond donors (Lipinski definition) is 2. The quantitative estimate of drug-likeness (QED) is 0.738. The van der Waals surface area contributed by atoms with E-state index < -0.39 is 0 Å². The monoisotopic (exact) mass is 368 g/mol. The zero-order chi connectivity index (χ0) is 19.9. The highest BCUT2D eigenvalue weighted by Crippen LogP contribution is 2.22. The van der Waals surface area contributed by atoms with Crippen LogP contribution in [0.5, 0.6) is 5.75 Å². The molecule has 0 aliphatic rings. The molecule has 0 aromatic heterocycles. The summed E-state index contributed by atoms with van der Waals surface area (Å²) in [6.45, 7) is 9.06. The number of aryl methyl sites for hydroxylation is 1. The number of ether oxygens (including phenoxy) is 1. The number of benzene rings is 2. The molecule has 0 fully saturated rings. The Labute approximate surface area is 161 Å². The maximum atomic E-state index is 12.1. The second-order valence-corrected chi connectivity index (χ2v) is 7.52. The van der Waals surface area contributed by atoms with Gasteiger partial charge in [-0.15, -0.1) is 0 Å². The summed E-state index contributed by atoms with van der Waals surface area (Å²) in [7, 11) is 0. The van der Waals surface area contributed by atoms with Crippen LogP contribution in [0.3, 0.4) is 0 Å². The van der Waals surface area contributed by atoms with Crippen LogP contribution in [0.2, 0.25) is 0 Å². The van der Waals surface area contributed by atoms with E-state index in [1.54, 1.807) is 12.1 Å². The standard InChI is InChI=1S/C22H28N2O3/c1-16-5-11-19(12-6-16)27-14-13-23-20(25)15-24-21(26)17-7-9-18(10-8-17)22(2,3)4/h5-12H,13-15H2,1-4H3,(H,23,25)(H,24,26). The van der Waals surface area contributed by atoms with Crippen LogP contribution in [0.15, 0.2) is 48.5 Å². The lowest BCUT2D eigenvalue weighted by molar-refractivity contribution is -0.120. The van der Waals surface area contributed by atoms with Gasteiger partial charge in [-0.3, -0.25) is 9.59 Å². The molecule has 0 spiro atoms. The zero-order valence-electron chi connectivity index (χ0n) is 16.5. The Bertz CT molecular complexity index is 760. The molecular formula is C22H28N2O3. The van der Waals surface area contributed by atoms with Crippen molar-refractivity contribution >= 4 is 11.8 Å². The van der Waals surface area contributed by atoms with Gasteiger partial charge in [0.25, 0.3) is 5.91 Å². The Morgan fingerprint density at radius 3 is 2.15 bits per heavy atom. The van der Waals surface area contributed by atoms with Crippen LogP contribution in [-0.4, -0.2) is 31.5 Å². The fraction of sp³-hybridized carbons (Fsp3) is 0.364. The van der Waals surface area contributed by atoms with Gasteiger partial charge in [0.05, 0.1) is 13.1 Å². The topological polar surface area (TPSA) is 67.4 Å². The summed E-state index contributed by atoms with van der Waals surface area (Å²) < 4.78 is 5.54. The molecule has 2 amide bonds. The zero-order valence-corrected chi connectivity index (χ0v) is 16.5. The third-order valence-electron chi connectivity index (χ3n) is 4.14. The second-order valence-electron chi connectivity index (χ2n) is 7.52. The fourth-order valence-electron chi connectivity index (χ4n) is 2.44. The molecule has 0 heterocycles. The van der Waals surface area contributed by atoms with E-state index in [0.29, 0.717) is 18.7 Å². The molecule has 2 aromatic carbocycles. The van der Waals surface area contributed by atoms with Gasteiger partial charge in [-0.05, 0) is 42.2 Å². The highest BCUT2D eigenvalue weighted by molar-refractivity contribution is 5.96. The van der Waals surface area contributed by atoms with Gasteiger partial charge in [0.1, 0.15) is 12.4 Å². The molecule has 144 valence electrons. The van der Waals surface area contributed by atoms with Crippen LogP contribution in [0.1, 0.15) is 42.3 Å². The van der Waals surface area contributed by atoms with Gasteiger partial charge >= 0.3 is 0 Å². The van der Waals surface area contributed by atoms with Crippen molar-refractivity contribution in [1.29, 1.82) is 0 Å². The van der Waals surface area contributed by atoms with Gasteiger partial charge in [-0.1, -0.05) is 50.6 Å².